The Morgan fingerprint density at radius 3 is 2.79 bits per heavy atom. The third-order valence-electron chi connectivity index (χ3n) is 3.54. The van der Waals surface area contributed by atoms with E-state index in [4.69, 9.17) is 10.5 Å². The van der Waals surface area contributed by atoms with Gasteiger partial charge in [-0.05, 0) is 30.5 Å². The number of benzene rings is 1. The summed E-state index contributed by atoms with van der Waals surface area (Å²) in [4.78, 5) is 2.45. The Kier molecular flexibility index (Phi) is 5.50. The van der Waals surface area contributed by atoms with Gasteiger partial charge in [-0.2, -0.15) is 0 Å². The lowest BCUT2D eigenvalue weighted by Crippen LogP contribution is -2.39. The fourth-order valence-corrected chi connectivity index (χ4v) is 2.85. The molecule has 1 aromatic rings. The Morgan fingerprint density at radius 2 is 2.11 bits per heavy atom. The zero-order chi connectivity index (χ0) is 13.2. The van der Waals surface area contributed by atoms with Crippen LogP contribution in [-0.4, -0.2) is 26.8 Å². The number of anilines is 2. The van der Waals surface area contributed by atoms with Gasteiger partial charge in [0.1, 0.15) is 0 Å². The van der Waals surface area contributed by atoms with Crippen molar-refractivity contribution in [2.45, 2.75) is 26.7 Å². The summed E-state index contributed by atoms with van der Waals surface area (Å²) in [6.07, 6.45) is 2.29. The minimum absolute atomic E-state index is 0. The van der Waals surface area contributed by atoms with Gasteiger partial charge in [-0.25, -0.2) is 0 Å². The number of ether oxygens (including phenoxy) is 1. The molecule has 1 aliphatic heterocycles. The fraction of sp³-hybridized carbons (Fsp3) is 0.600. The van der Waals surface area contributed by atoms with E-state index in [9.17, 15) is 0 Å². The van der Waals surface area contributed by atoms with Crippen molar-refractivity contribution in [2.24, 2.45) is 5.41 Å². The zero-order valence-corrected chi connectivity index (χ0v) is 12.9. The molecule has 3 nitrogen and oxygen atoms in total. The molecular weight excluding hydrogens is 260 g/mol. The number of fused-ring (bicyclic) bond motifs is 1. The highest BCUT2D eigenvalue weighted by molar-refractivity contribution is 5.85. The van der Waals surface area contributed by atoms with Gasteiger partial charge in [0.25, 0.3) is 0 Å². The van der Waals surface area contributed by atoms with Crippen LogP contribution in [0.15, 0.2) is 18.2 Å². The molecule has 0 fully saturated rings. The third kappa shape index (κ3) is 3.77. The highest BCUT2D eigenvalue weighted by Crippen LogP contribution is 2.33. The van der Waals surface area contributed by atoms with Crippen LogP contribution in [0, 0.1) is 5.41 Å². The lowest BCUT2D eigenvalue weighted by molar-refractivity contribution is 0.108. The number of hydrogen-bond acceptors (Lipinski definition) is 3. The molecule has 108 valence electrons. The first kappa shape index (κ1) is 16.1. The third-order valence-corrected chi connectivity index (χ3v) is 3.54. The van der Waals surface area contributed by atoms with Crippen molar-refractivity contribution >= 4 is 23.8 Å². The van der Waals surface area contributed by atoms with E-state index >= 15 is 0 Å². The van der Waals surface area contributed by atoms with E-state index in [2.05, 4.69) is 30.9 Å². The molecule has 2 rings (SSSR count). The molecular formula is C15H25ClN2O. The minimum atomic E-state index is 0. The summed E-state index contributed by atoms with van der Waals surface area (Å²) < 4.78 is 5.31. The molecule has 1 aromatic carbocycles. The number of methoxy groups -OCH3 is 1. The van der Waals surface area contributed by atoms with E-state index in [1.807, 2.05) is 6.07 Å². The van der Waals surface area contributed by atoms with E-state index in [-0.39, 0.29) is 17.8 Å². The molecule has 1 heterocycles. The summed E-state index contributed by atoms with van der Waals surface area (Å²) in [5.74, 6) is 0. The molecule has 0 atom stereocenters. The van der Waals surface area contributed by atoms with Crippen LogP contribution >= 0.6 is 12.4 Å². The second-order valence-corrected chi connectivity index (χ2v) is 5.97. The molecule has 0 bridgehead atoms. The Balaban J connectivity index is 0.00000180. The zero-order valence-electron chi connectivity index (χ0n) is 12.1. The maximum Gasteiger partial charge on any atom is 0.0530 e. The average Bonchev–Trinajstić information content (AvgIpc) is 2.30. The van der Waals surface area contributed by atoms with E-state index in [0.717, 1.165) is 31.8 Å². The van der Waals surface area contributed by atoms with Crippen molar-refractivity contribution in [3.63, 3.8) is 0 Å². The fourth-order valence-electron chi connectivity index (χ4n) is 2.85. The van der Waals surface area contributed by atoms with Gasteiger partial charge in [0.2, 0.25) is 0 Å². The highest BCUT2D eigenvalue weighted by atomic mass is 35.5. The standard InChI is InChI=1S/C15H24N2O.ClH/c1-15(2,11-18-3)10-17-9-5-6-12-13(16)7-4-8-14(12)17;/h4,7-8H,5-6,9-11,16H2,1-3H3;1H. The average molecular weight is 285 g/mol. The second-order valence-electron chi connectivity index (χ2n) is 5.97. The largest absolute Gasteiger partial charge is 0.398 e. The topological polar surface area (TPSA) is 38.5 Å². The molecule has 4 heteroatoms. The molecule has 0 unspecified atom stereocenters. The Labute approximate surface area is 122 Å². The van der Waals surface area contributed by atoms with Crippen molar-refractivity contribution < 1.29 is 4.74 Å². The normalized spacial score (nSPS) is 14.8. The van der Waals surface area contributed by atoms with E-state index < -0.39 is 0 Å². The number of nitrogen functional groups attached to an aromatic ring is 1. The van der Waals surface area contributed by atoms with Gasteiger partial charge in [0, 0.05) is 37.0 Å². The van der Waals surface area contributed by atoms with Crippen LogP contribution in [0.5, 0.6) is 0 Å². The molecule has 0 radical (unpaired) electrons. The molecule has 2 N–H and O–H groups in total. The lowest BCUT2D eigenvalue weighted by atomic mass is 9.91. The first-order valence-electron chi connectivity index (χ1n) is 6.65. The number of nitrogens with two attached hydrogens (primary N) is 1. The number of rotatable bonds is 4. The molecule has 0 spiro atoms. The monoisotopic (exact) mass is 284 g/mol. The van der Waals surface area contributed by atoms with Crippen LogP contribution < -0.4 is 10.6 Å². The Hall–Kier alpha value is -0.930. The van der Waals surface area contributed by atoms with Gasteiger partial charge in [-0.15, -0.1) is 12.4 Å². The second kappa shape index (κ2) is 6.49. The van der Waals surface area contributed by atoms with E-state index in [1.54, 1.807) is 7.11 Å². The summed E-state index contributed by atoms with van der Waals surface area (Å²) in [7, 11) is 1.77. The predicted molar refractivity (Wildman–Crippen MR) is 84.3 cm³/mol. The van der Waals surface area contributed by atoms with Crippen LogP contribution in [-0.2, 0) is 11.2 Å². The first-order chi connectivity index (χ1) is 8.53. The molecule has 1 aliphatic rings. The molecule has 0 amide bonds. The maximum atomic E-state index is 6.07. The number of hydrogen-bond donors (Lipinski definition) is 1. The lowest BCUT2D eigenvalue weighted by Gasteiger charge is -2.37. The van der Waals surface area contributed by atoms with Crippen LogP contribution in [0.2, 0.25) is 0 Å². The van der Waals surface area contributed by atoms with Crippen LogP contribution in [0.3, 0.4) is 0 Å². The van der Waals surface area contributed by atoms with Gasteiger partial charge < -0.3 is 15.4 Å². The first-order valence-corrected chi connectivity index (χ1v) is 6.65. The summed E-state index contributed by atoms with van der Waals surface area (Å²) in [5.41, 5.74) is 9.79. The smallest absolute Gasteiger partial charge is 0.0530 e. The SMILES string of the molecule is COCC(C)(C)CN1CCCc2c(N)cccc21.Cl. The number of nitrogens with zero attached hydrogens (tertiary/aromatic N) is 1. The Morgan fingerprint density at radius 1 is 1.37 bits per heavy atom. The molecule has 0 saturated heterocycles. The van der Waals surface area contributed by atoms with Crippen LogP contribution in [0.25, 0.3) is 0 Å². The molecule has 0 aliphatic carbocycles. The Bertz CT molecular complexity index is 421. The van der Waals surface area contributed by atoms with Gasteiger partial charge in [-0.3, -0.25) is 0 Å². The maximum absolute atomic E-state index is 6.07. The summed E-state index contributed by atoms with van der Waals surface area (Å²) >= 11 is 0. The number of halogens is 1. The highest BCUT2D eigenvalue weighted by Gasteiger charge is 2.25. The quantitative estimate of drug-likeness (QED) is 0.864. The van der Waals surface area contributed by atoms with Crippen molar-refractivity contribution in [2.75, 3.05) is 37.4 Å². The molecule has 0 aromatic heterocycles. The predicted octanol–water partition coefficient (Wildman–Crippen LogP) is 3.12. The van der Waals surface area contributed by atoms with Gasteiger partial charge in [-0.1, -0.05) is 19.9 Å². The van der Waals surface area contributed by atoms with Gasteiger partial charge in [0.05, 0.1) is 6.61 Å². The van der Waals surface area contributed by atoms with Crippen LogP contribution in [0.4, 0.5) is 11.4 Å². The minimum Gasteiger partial charge on any atom is -0.398 e. The molecule has 19 heavy (non-hydrogen) atoms. The van der Waals surface area contributed by atoms with Crippen LogP contribution in [0.1, 0.15) is 25.8 Å². The summed E-state index contributed by atoms with van der Waals surface area (Å²) in [6, 6.07) is 6.24. The van der Waals surface area contributed by atoms with Crippen molar-refractivity contribution in [3.8, 4) is 0 Å². The summed E-state index contributed by atoms with van der Waals surface area (Å²) in [6.45, 7) is 7.40. The summed E-state index contributed by atoms with van der Waals surface area (Å²) in [5, 5.41) is 0. The van der Waals surface area contributed by atoms with E-state index in [1.165, 1.54) is 17.7 Å². The van der Waals surface area contributed by atoms with Gasteiger partial charge >= 0.3 is 0 Å². The van der Waals surface area contributed by atoms with Crippen molar-refractivity contribution in [1.82, 2.24) is 0 Å². The van der Waals surface area contributed by atoms with Gasteiger partial charge in [0.15, 0.2) is 0 Å². The van der Waals surface area contributed by atoms with Crippen molar-refractivity contribution in [3.05, 3.63) is 23.8 Å². The van der Waals surface area contributed by atoms with E-state index in [0.29, 0.717) is 0 Å². The molecule has 0 saturated carbocycles. The van der Waals surface area contributed by atoms with Crippen molar-refractivity contribution in [1.29, 1.82) is 0 Å².